The third-order valence-corrected chi connectivity index (χ3v) is 5.78. The van der Waals surface area contributed by atoms with E-state index in [9.17, 15) is 9.59 Å². The Labute approximate surface area is 185 Å². The van der Waals surface area contributed by atoms with E-state index in [1.165, 1.54) is 11.8 Å². The van der Waals surface area contributed by atoms with E-state index in [-0.39, 0.29) is 23.6 Å². The van der Waals surface area contributed by atoms with Gasteiger partial charge in [0.1, 0.15) is 5.75 Å². The van der Waals surface area contributed by atoms with Crippen LogP contribution in [0.25, 0.3) is 0 Å². The van der Waals surface area contributed by atoms with Crippen molar-refractivity contribution in [2.75, 3.05) is 39.2 Å². The van der Waals surface area contributed by atoms with Crippen molar-refractivity contribution >= 4 is 23.6 Å². The molecule has 0 spiro atoms. The van der Waals surface area contributed by atoms with E-state index in [0.29, 0.717) is 55.1 Å². The maximum Gasteiger partial charge on any atom is 0.251 e. The highest BCUT2D eigenvalue weighted by Gasteiger charge is 2.22. The topological polar surface area (TPSA) is 98.6 Å². The van der Waals surface area contributed by atoms with Crippen molar-refractivity contribution < 1.29 is 19.1 Å². The number of carbonyl (C=O) groups excluding carboxylic acids is 2. The van der Waals surface area contributed by atoms with Crippen LogP contribution in [0.15, 0.2) is 42.1 Å². The molecule has 166 valence electrons. The molecule has 31 heavy (non-hydrogen) atoms. The summed E-state index contributed by atoms with van der Waals surface area (Å²) in [4.78, 5) is 26.8. The lowest BCUT2D eigenvalue weighted by Gasteiger charge is -2.26. The van der Waals surface area contributed by atoms with E-state index in [2.05, 4.69) is 22.1 Å². The molecule has 1 aliphatic heterocycles. The highest BCUT2D eigenvalue weighted by Crippen LogP contribution is 2.22. The molecule has 2 amide bonds. The molecule has 1 aliphatic rings. The molecule has 0 unspecified atom stereocenters. The number of aromatic nitrogens is 3. The number of thioether (sulfide) groups is 1. The predicted molar refractivity (Wildman–Crippen MR) is 117 cm³/mol. The number of methoxy groups -OCH3 is 1. The SMILES string of the molecule is C=CCn1c(SCC(=O)N2CCOCC2)nnc1[C@H](C)NC(=O)c1ccc(OC)cc1. The molecule has 1 atom stereocenters. The minimum absolute atomic E-state index is 0.0452. The van der Waals surface area contributed by atoms with Crippen molar-refractivity contribution in [1.82, 2.24) is 25.0 Å². The second kappa shape index (κ2) is 11.0. The van der Waals surface area contributed by atoms with Crippen molar-refractivity contribution in [2.45, 2.75) is 24.7 Å². The molecule has 1 N–H and O–H groups in total. The molecule has 1 aromatic heterocycles. The van der Waals surface area contributed by atoms with Gasteiger partial charge in [-0.1, -0.05) is 17.8 Å². The molecule has 3 rings (SSSR count). The van der Waals surface area contributed by atoms with Crippen molar-refractivity contribution in [3.63, 3.8) is 0 Å². The molecule has 1 aromatic carbocycles. The summed E-state index contributed by atoms with van der Waals surface area (Å²) in [5.74, 6) is 1.37. The average Bonchev–Trinajstić information content (AvgIpc) is 3.21. The molecule has 0 saturated carbocycles. The molecule has 2 aromatic rings. The number of carbonyl (C=O) groups is 2. The highest BCUT2D eigenvalue weighted by atomic mass is 32.2. The van der Waals surface area contributed by atoms with Gasteiger partial charge in [0.15, 0.2) is 11.0 Å². The van der Waals surface area contributed by atoms with E-state index >= 15 is 0 Å². The van der Waals surface area contributed by atoms with Gasteiger partial charge in [-0.05, 0) is 31.2 Å². The van der Waals surface area contributed by atoms with Crippen LogP contribution in [0.5, 0.6) is 5.75 Å². The van der Waals surface area contributed by atoms with Gasteiger partial charge < -0.3 is 24.3 Å². The predicted octanol–water partition coefficient (Wildman–Crippen LogP) is 1.91. The summed E-state index contributed by atoms with van der Waals surface area (Å²) in [7, 11) is 1.58. The monoisotopic (exact) mass is 445 g/mol. The average molecular weight is 446 g/mol. The van der Waals surface area contributed by atoms with Crippen molar-refractivity contribution in [2.24, 2.45) is 0 Å². The third kappa shape index (κ3) is 5.86. The van der Waals surface area contributed by atoms with Gasteiger partial charge in [-0.3, -0.25) is 9.59 Å². The summed E-state index contributed by atoms with van der Waals surface area (Å²) in [6.45, 7) is 8.47. The minimum Gasteiger partial charge on any atom is -0.497 e. The third-order valence-electron chi connectivity index (χ3n) is 4.83. The first kappa shape index (κ1) is 22.8. The Kier molecular flexibility index (Phi) is 8.07. The van der Waals surface area contributed by atoms with E-state index in [1.807, 2.05) is 11.5 Å². The zero-order valence-corrected chi connectivity index (χ0v) is 18.6. The molecule has 0 radical (unpaired) electrons. The first-order valence-corrected chi connectivity index (χ1v) is 11.0. The number of nitrogens with one attached hydrogen (secondary N) is 1. The lowest BCUT2D eigenvalue weighted by Crippen LogP contribution is -2.41. The van der Waals surface area contributed by atoms with Gasteiger partial charge in [0.25, 0.3) is 5.91 Å². The summed E-state index contributed by atoms with van der Waals surface area (Å²) >= 11 is 1.33. The maximum absolute atomic E-state index is 12.6. The summed E-state index contributed by atoms with van der Waals surface area (Å²) in [5.41, 5.74) is 0.521. The number of benzene rings is 1. The van der Waals surface area contributed by atoms with Gasteiger partial charge in [-0.25, -0.2) is 0 Å². The largest absolute Gasteiger partial charge is 0.497 e. The number of morpholine rings is 1. The first-order valence-electron chi connectivity index (χ1n) is 10.0. The molecule has 10 heteroatoms. The van der Waals surface area contributed by atoms with Crippen LogP contribution in [-0.4, -0.2) is 70.6 Å². The van der Waals surface area contributed by atoms with Crippen LogP contribution in [0.2, 0.25) is 0 Å². The van der Waals surface area contributed by atoms with E-state index in [0.717, 1.165) is 0 Å². The zero-order valence-electron chi connectivity index (χ0n) is 17.7. The van der Waals surface area contributed by atoms with Crippen LogP contribution in [0.4, 0.5) is 0 Å². The number of hydrogen-bond acceptors (Lipinski definition) is 7. The van der Waals surface area contributed by atoms with Crippen LogP contribution >= 0.6 is 11.8 Å². The second-order valence-electron chi connectivity index (χ2n) is 6.95. The van der Waals surface area contributed by atoms with Crippen molar-refractivity contribution in [1.29, 1.82) is 0 Å². The summed E-state index contributed by atoms with van der Waals surface area (Å²) in [5, 5.41) is 12.1. The molecule has 1 saturated heterocycles. The van der Waals surface area contributed by atoms with Crippen LogP contribution in [0.1, 0.15) is 29.1 Å². The Bertz CT molecular complexity index is 909. The van der Waals surface area contributed by atoms with Crippen LogP contribution in [0, 0.1) is 0 Å². The molecule has 1 fully saturated rings. The Morgan fingerprint density at radius 2 is 2.00 bits per heavy atom. The first-order chi connectivity index (χ1) is 15.0. The van der Waals surface area contributed by atoms with Crippen molar-refractivity contribution in [3.8, 4) is 5.75 Å². The Morgan fingerprint density at radius 3 is 2.65 bits per heavy atom. The summed E-state index contributed by atoms with van der Waals surface area (Å²) < 4.78 is 12.3. The molecule has 2 heterocycles. The number of rotatable bonds is 9. The van der Waals surface area contributed by atoms with Gasteiger partial charge in [0.05, 0.1) is 32.1 Å². The van der Waals surface area contributed by atoms with Gasteiger partial charge in [-0.15, -0.1) is 16.8 Å². The minimum atomic E-state index is -0.383. The van der Waals surface area contributed by atoms with E-state index < -0.39 is 0 Å². The van der Waals surface area contributed by atoms with E-state index in [1.54, 1.807) is 42.4 Å². The van der Waals surface area contributed by atoms with Crippen LogP contribution in [0.3, 0.4) is 0 Å². The van der Waals surface area contributed by atoms with Gasteiger partial charge in [0.2, 0.25) is 5.91 Å². The Balaban J connectivity index is 1.65. The van der Waals surface area contributed by atoms with Crippen molar-refractivity contribution in [3.05, 3.63) is 48.3 Å². The molecule has 0 aliphatic carbocycles. The number of hydrogen-bond donors (Lipinski definition) is 1. The number of ether oxygens (including phenoxy) is 2. The van der Waals surface area contributed by atoms with Crippen LogP contribution < -0.4 is 10.1 Å². The zero-order chi connectivity index (χ0) is 22.2. The fourth-order valence-corrected chi connectivity index (χ4v) is 4.00. The van der Waals surface area contributed by atoms with Gasteiger partial charge in [0, 0.05) is 25.2 Å². The molecular weight excluding hydrogens is 418 g/mol. The number of allylic oxidation sites excluding steroid dienone is 1. The standard InChI is InChI=1S/C21H27N5O4S/c1-4-9-26-19(15(2)22-20(28)16-5-7-17(29-3)8-6-16)23-24-21(26)31-14-18(27)25-10-12-30-13-11-25/h4-8,15H,1,9-14H2,2-3H3,(H,22,28)/t15-/m0/s1. The lowest BCUT2D eigenvalue weighted by atomic mass is 10.2. The quantitative estimate of drug-likeness (QED) is 0.465. The lowest BCUT2D eigenvalue weighted by molar-refractivity contribution is -0.132. The fourth-order valence-electron chi connectivity index (χ4n) is 3.15. The normalized spacial score (nSPS) is 14.7. The Hall–Kier alpha value is -2.85. The fraction of sp³-hybridized carbons (Fsp3) is 0.429. The van der Waals surface area contributed by atoms with Gasteiger partial charge >= 0.3 is 0 Å². The number of amides is 2. The number of nitrogens with zero attached hydrogens (tertiary/aromatic N) is 4. The summed E-state index contributed by atoms with van der Waals surface area (Å²) in [6.07, 6.45) is 1.73. The molecule has 9 nitrogen and oxygen atoms in total. The maximum atomic E-state index is 12.6. The van der Waals surface area contributed by atoms with Gasteiger partial charge in [-0.2, -0.15) is 0 Å². The molecule has 0 bridgehead atoms. The smallest absolute Gasteiger partial charge is 0.251 e. The van der Waals surface area contributed by atoms with E-state index in [4.69, 9.17) is 9.47 Å². The highest BCUT2D eigenvalue weighted by molar-refractivity contribution is 7.99. The second-order valence-corrected chi connectivity index (χ2v) is 7.89. The Morgan fingerprint density at radius 1 is 1.29 bits per heavy atom. The summed E-state index contributed by atoms with van der Waals surface area (Å²) in [6, 6.07) is 6.49. The molecular formula is C21H27N5O4S. The van der Waals surface area contributed by atoms with Crippen LogP contribution in [-0.2, 0) is 16.1 Å².